The van der Waals surface area contributed by atoms with E-state index in [1.165, 1.54) is 0 Å². The zero-order valence-corrected chi connectivity index (χ0v) is 25.2. The molecule has 44 heavy (non-hydrogen) atoms. The number of aromatic nitrogens is 2. The van der Waals surface area contributed by atoms with Crippen LogP contribution in [-0.2, 0) is 14.2 Å². The van der Waals surface area contributed by atoms with E-state index in [0.29, 0.717) is 23.3 Å². The molecule has 0 unspecified atom stereocenters. The average Bonchev–Trinajstić information content (AvgIpc) is 3.51. The summed E-state index contributed by atoms with van der Waals surface area (Å²) in [6, 6.07) is 23.2. The molecule has 0 radical (unpaired) electrons. The maximum absolute atomic E-state index is 13.3. The van der Waals surface area contributed by atoms with Crippen molar-refractivity contribution in [2.45, 2.75) is 69.7 Å². The number of fused-ring (bicyclic) bond motifs is 13. The van der Waals surface area contributed by atoms with Crippen LogP contribution < -0.4 is 4.74 Å². The number of hydrogen-bond acceptors (Lipinski definition) is 7. The van der Waals surface area contributed by atoms with Gasteiger partial charge in [-0.3, -0.25) is 4.79 Å². The van der Waals surface area contributed by atoms with Crippen LogP contribution in [-0.4, -0.2) is 52.1 Å². The highest BCUT2D eigenvalue weighted by Crippen LogP contribution is 2.59. The SMILES string of the molecule is CC1(C)C[C@H]2[C@H](O[C@H]3[C@@H]2OC[C@H]2[C@@H]3c3c(c4ccccc4c4nc5cc(C(=O)c6ccccc6)ccc5nc34)OC2(C)C)O1. The Morgan fingerprint density at radius 1 is 0.818 bits per heavy atom. The van der Waals surface area contributed by atoms with Gasteiger partial charge in [-0.15, -0.1) is 0 Å². The monoisotopic (exact) mass is 586 g/mol. The number of carbonyl (C=O) groups excluding carboxylic acids is 1. The first-order chi connectivity index (χ1) is 21.2. The Morgan fingerprint density at radius 3 is 2.39 bits per heavy atom. The van der Waals surface area contributed by atoms with Gasteiger partial charge in [0.05, 0.1) is 46.5 Å². The van der Waals surface area contributed by atoms with Crippen LogP contribution in [0.3, 0.4) is 0 Å². The molecule has 0 aliphatic carbocycles. The van der Waals surface area contributed by atoms with Crippen LogP contribution in [0.25, 0.3) is 32.8 Å². The quantitative estimate of drug-likeness (QED) is 0.125. The topological polar surface area (TPSA) is 79.8 Å². The Morgan fingerprint density at radius 2 is 1.57 bits per heavy atom. The minimum Gasteiger partial charge on any atom is -0.486 e. The molecule has 7 heteroatoms. The van der Waals surface area contributed by atoms with Gasteiger partial charge in [0.25, 0.3) is 0 Å². The van der Waals surface area contributed by atoms with Gasteiger partial charge < -0.3 is 18.9 Å². The van der Waals surface area contributed by atoms with Crippen LogP contribution in [0.1, 0.15) is 61.5 Å². The van der Waals surface area contributed by atoms with Crippen molar-refractivity contribution in [3.8, 4) is 5.75 Å². The molecule has 3 saturated heterocycles. The minimum absolute atomic E-state index is 0.0115. The highest BCUT2D eigenvalue weighted by Gasteiger charge is 2.62. The molecule has 0 spiro atoms. The first-order valence-corrected chi connectivity index (χ1v) is 15.6. The summed E-state index contributed by atoms with van der Waals surface area (Å²) >= 11 is 0. The zero-order chi connectivity index (χ0) is 30.0. The van der Waals surface area contributed by atoms with Gasteiger partial charge in [0.1, 0.15) is 11.4 Å². The fraction of sp³-hybridized carbons (Fsp3) is 0.378. The van der Waals surface area contributed by atoms with Crippen LogP contribution in [0.4, 0.5) is 0 Å². The van der Waals surface area contributed by atoms with E-state index in [2.05, 4.69) is 39.8 Å². The van der Waals surface area contributed by atoms with E-state index >= 15 is 0 Å². The highest BCUT2D eigenvalue weighted by atomic mass is 16.7. The number of carbonyl (C=O) groups is 1. The molecule has 4 aliphatic heterocycles. The van der Waals surface area contributed by atoms with Gasteiger partial charge in [-0.05, 0) is 52.3 Å². The van der Waals surface area contributed by atoms with Gasteiger partial charge in [0.2, 0.25) is 0 Å². The number of hydrogen-bond donors (Lipinski definition) is 0. The van der Waals surface area contributed by atoms with E-state index in [1.807, 2.05) is 60.7 Å². The van der Waals surface area contributed by atoms with E-state index in [1.54, 1.807) is 0 Å². The van der Waals surface area contributed by atoms with Gasteiger partial charge >= 0.3 is 0 Å². The van der Waals surface area contributed by atoms with Crippen molar-refractivity contribution >= 4 is 38.6 Å². The maximum Gasteiger partial charge on any atom is 0.193 e. The molecule has 5 aromatic rings. The standard InChI is InChI=1S/C37H34N2O5/c1-36(2)17-23-33-34(42-35(23)44-36)27-24(18-41-33)37(3,4)43-32-22-13-9-8-12-21(22)29-30(28(27)32)38-25-15-14-20(16-26(25)39-29)31(40)19-10-6-5-7-11-19/h5-16,23-24,27,33-35H,17-18H2,1-4H3/t23-,24+,27-,33-,34-,35-/m1/s1. The summed E-state index contributed by atoms with van der Waals surface area (Å²) in [5.74, 6) is 1.04. The van der Waals surface area contributed by atoms with Crippen molar-refractivity contribution in [3.05, 3.63) is 89.5 Å². The molecule has 3 fully saturated rings. The molecule has 6 atom stereocenters. The molecule has 7 nitrogen and oxygen atoms in total. The molecule has 0 amide bonds. The van der Waals surface area contributed by atoms with Gasteiger partial charge in [-0.2, -0.15) is 0 Å². The average molecular weight is 587 g/mol. The molecule has 5 heterocycles. The van der Waals surface area contributed by atoms with Crippen LogP contribution in [0.15, 0.2) is 72.8 Å². The smallest absolute Gasteiger partial charge is 0.193 e. The molecule has 0 N–H and O–H groups in total. The van der Waals surface area contributed by atoms with Crippen molar-refractivity contribution in [1.82, 2.24) is 9.97 Å². The predicted molar refractivity (Wildman–Crippen MR) is 167 cm³/mol. The largest absolute Gasteiger partial charge is 0.486 e. The summed E-state index contributed by atoms with van der Waals surface area (Å²) in [5, 5.41) is 1.98. The maximum atomic E-state index is 13.3. The second-order valence-electron chi connectivity index (χ2n) is 14.0. The lowest BCUT2D eigenvalue weighted by Gasteiger charge is -2.51. The third kappa shape index (κ3) is 3.76. The summed E-state index contributed by atoms with van der Waals surface area (Å²) in [6.07, 6.45) is 0.365. The van der Waals surface area contributed by atoms with Gasteiger partial charge in [-0.25, -0.2) is 9.97 Å². The second kappa shape index (κ2) is 9.07. The van der Waals surface area contributed by atoms with E-state index in [4.69, 9.17) is 28.9 Å². The number of ether oxygens (including phenoxy) is 4. The summed E-state index contributed by atoms with van der Waals surface area (Å²) in [4.78, 5) is 23.8. The predicted octanol–water partition coefficient (Wildman–Crippen LogP) is 6.98. The lowest BCUT2D eigenvalue weighted by molar-refractivity contribution is -0.196. The molecule has 1 aromatic heterocycles. The first kappa shape index (κ1) is 26.5. The van der Waals surface area contributed by atoms with E-state index in [9.17, 15) is 4.79 Å². The third-order valence-electron chi connectivity index (χ3n) is 10.3. The van der Waals surface area contributed by atoms with Crippen LogP contribution >= 0.6 is 0 Å². The summed E-state index contributed by atoms with van der Waals surface area (Å²) in [6.45, 7) is 9.14. The molecule has 0 bridgehead atoms. The van der Waals surface area contributed by atoms with Crippen molar-refractivity contribution in [1.29, 1.82) is 0 Å². The first-order valence-electron chi connectivity index (χ1n) is 15.6. The summed E-state index contributed by atoms with van der Waals surface area (Å²) in [7, 11) is 0. The number of rotatable bonds is 2. The lowest BCUT2D eigenvalue weighted by atomic mass is 9.67. The van der Waals surface area contributed by atoms with Gasteiger partial charge in [-0.1, -0.05) is 54.6 Å². The normalized spacial score (nSPS) is 29.5. The van der Waals surface area contributed by atoms with Crippen molar-refractivity contribution < 1.29 is 23.7 Å². The fourth-order valence-corrected chi connectivity index (χ4v) is 8.27. The van der Waals surface area contributed by atoms with Crippen molar-refractivity contribution in [2.75, 3.05) is 6.61 Å². The number of nitrogens with zero attached hydrogens (tertiary/aromatic N) is 2. The Hall–Kier alpha value is -3.91. The Kier molecular flexibility index (Phi) is 5.46. The number of benzene rings is 4. The van der Waals surface area contributed by atoms with Gasteiger partial charge in [0, 0.05) is 45.2 Å². The fourth-order valence-electron chi connectivity index (χ4n) is 8.27. The van der Waals surface area contributed by atoms with Crippen LogP contribution in [0.5, 0.6) is 5.75 Å². The van der Waals surface area contributed by atoms with Crippen molar-refractivity contribution in [3.63, 3.8) is 0 Å². The molecule has 222 valence electrons. The molecule has 4 aliphatic rings. The zero-order valence-electron chi connectivity index (χ0n) is 25.2. The van der Waals surface area contributed by atoms with Crippen LogP contribution in [0.2, 0.25) is 0 Å². The van der Waals surface area contributed by atoms with Crippen molar-refractivity contribution in [2.24, 2.45) is 11.8 Å². The molecule has 0 saturated carbocycles. The Balaban J connectivity index is 1.26. The summed E-state index contributed by atoms with van der Waals surface area (Å²) < 4.78 is 26.7. The van der Waals surface area contributed by atoms with E-state index < -0.39 is 5.60 Å². The molecule has 9 rings (SSSR count). The van der Waals surface area contributed by atoms with Crippen LogP contribution in [0, 0.1) is 11.8 Å². The minimum atomic E-state index is -0.489. The Labute approximate surface area is 255 Å². The number of ketones is 1. The Bertz CT molecular complexity index is 2000. The van der Waals surface area contributed by atoms with Gasteiger partial charge in [0.15, 0.2) is 12.1 Å². The van der Waals surface area contributed by atoms with E-state index in [0.717, 1.165) is 45.1 Å². The summed E-state index contributed by atoms with van der Waals surface area (Å²) in [5.41, 5.74) is 4.60. The highest BCUT2D eigenvalue weighted by molar-refractivity contribution is 6.13. The third-order valence-corrected chi connectivity index (χ3v) is 10.3. The lowest BCUT2D eigenvalue weighted by Crippen LogP contribution is -2.56. The van der Waals surface area contributed by atoms with E-state index in [-0.39, 0.29) is 47.6 Å². The second-order valence-corrected chi connectivity index (χ2v) is 14.0. The molecular weight excluding hydrogens is 552 g/mol. The molecule has 4 aromatic carbocycles. The molecular formula is C37H34N2O5.